The number of carbonyl (C=O) groups excluding carboxylic acids is 1. The van der Waals surface area contributed by atoms with Crippen LogP contribution in [0.4, 0.5) is 16.3 Å². The molecule has 148 valence electrons. The number of anilines is 1. The van der Waals surface area contributed by atoms with Gasteiger partial charge in [0.25, 0.3) is 0 Å². The van der Waals surface area contributed by atoms with E-state index in [4.69, 9.17) is 9.47 Å². The summed E-state index contributed by atoms with van der Waals surface area (Å²) < 4.78 is 11.2. The predicted octanol–water partition coefficient (Wildman–Crippen LogP) is 1.87. The maximum absolute atomic E-state index is 12.2. The molecule has 0 radical (unpaired) electrons. The highest BCUT2D eigenvalue weighted by molar-refractivity contribution is 5.68. The minimum absolute atomic E-state index is 0.256. The molecule has 10 nitrogen and oxygen atoms in total. The summed E-state index contributed by atoms with van der Waals surface area (Å²) in [6.45, 7) is 6.81. The minimum atomic E-state index is -1.17. The highest BCUT2D eigenvalue weighted by atomic mass is 16.7. The van der Waals surface area contributed by atoms with E-state index in [2.05, 4.69) is 4.98 Å². The van der Waals surface area contributed by atoms with Gasteiger partial charge < -0.3 is 34.5 Å². The van der Waals surface area contributed by atoms with Crippen molar-refractivity contribution in [2.24, 2.45) is 0 Å². The van der Waals surface area contributed by atoms with Gasteiger partial charge in [0.15, 0.2) is 6.20 Å². The number of hydrogen-bond donors (Lipinski definition) is 1. The summed E-state index contributed by atoms with van der Waals surface area (Å²) in [5.41, 5.74) is -0.592. The second-order valence-corrected chi connectivity index (χ2v) is 7.85. The van der Waals surface area contributed by atoms with Crippen molar-refractivity contribution in [1.82, 2.24) is 9.88 Å². The van der Waals surface area contributed by atoms with E-state index in [0.29, 0.717) is 38.2 Å². The molecule has 3 rings (SSSR count). The average Bonchev–Trinajstić information content (AvgIpc) is 2.90. The van der Waals surface area contributed by atoms with Crippen molar-refractivity contribution < 1.29 is 24.3 Å². The SMILES string of the molecule is CC(C)(C)OC(=O)N1CCC2(CC1)CN(c1ccc([N+](=O)[O-])nc1)C(O)O2. The third kappa shape index (κ3) is 4.28. The number of nitrogens with zero attached hydrogens (tertiary/aromatic N) is 4. The first kappa shape index (κ1) is 19.3. The number of aliphatic hydroxyl groups excluding tert-OH is 1. The molecule has 0 saturated carbocycles. The van der Waals surface area contributed by atoms with Crippen LogP contribution in [0.3, 0.4) is 0 Å². The van der Waals surface area contributed by atoms with Crippen molar-refractivity contribution in [3.8, 4) is 0 Å². The number of piperidine rings is 1. The van der Waals surface area contributed by atoms with Crippen LogP contribution < -0.4 is 4.90 Å². The Balaban J connectivity index is 1.63. The number of aromatic nitrogens is 1. The number of rotatable bonds is 2. The van der Waals surface area contributed by atoms with E-state index < -0.39 is 22.5 Å². The van der Waals surface area contributed by atoms with Crippen LogP contribution in [0.2, 0.25) is 0 Å². The fraction of sp³-hybridized carbons (Fsp3) is 0.647. The van der Waals surface area contributed by atoms with Crippen molar-refractivity contribution in [3.63, 3.8) is 0 Å². The molecular weight excluding hydrogens is 356 g/mol. The lowest BCUT2D eigenvalue weighted by Gasteiger charge is -2.38. The van der Waals surface area contributed by atoms with Crippen LogP contribution in [0.25, 0.3) is 0 Å². The summed E-state index contributed by atoms with van der Waals surface area (Å²) in [7, 11) is 0. The molecule has 2 aliphatic rings. The number of carbonyl (C=O) groups is 1. The molecule has 0 aromatic carbocycles. The number of hydrogen-bond acceptors (Lipinski definition) is 8. The third-order valence-corrected chi connectivity index (χ3v) is 4.66. The Morgan fingerprint density at radius 3 is 2.59 bits per heavy atom. The zero-order valence-electron chi connectivity index (χ0n) is 15.6. The molecule has 1 aromatic heterocycles. The van der Waals surface area contributed by atoms with Gasteiger partial charge in [-0.15, -0.1) is 0 Å². The summed E-state index contributed by atoms with van der Waals surface area (Å²) in [5, 5.41) is 21.0. The van der Waals surface area contributed by atoms with Crippen LogP contribution in [-0.2, 0) is 9.47 Å². The van der Waals surface area contributed by atoms with Crippen molar-refractivity contribution >= 4 is 17.6 Å². The summed E-state index contributed by atoms with van der Waals surface area (Å²) in [5.74, 6) is -0.256. The molecule has 27 heavy (non-hydrogen) atoms. The van der Waals surface area contributed by atoms with Gasteiger partial charge in [0.05, 0.1) is 17.8 Å². The lowest BCUT2D eigenvalue weighted by atomic mass is 9.91. The lowest BCUT2D eigenvalue weighted by Crippen LogP contribution is -2.49. The molecule has 1 aromatic rings. The molecule has 2 aliphatic heterocycles. The number of aliphatic hydroxyl groups is 1. The molecular formula is C17H24N4O6. The van der Waals surface area contributed by atoms with Crippen LogP contribution >= 0.6 is 0 Å². The Labute approximate surface area is 156 Å². The predicted molar refractivity (Wildman–Crippen MR) is 95.1 cm³/mol. The normalized spacial score (nSPS) is 22.1. The Bertz CT molecular complexity index is 709. The fourth-order valence-electron chi connectivity index (χ4n) is 3.29. The molecule has 3 heterocycles. The Kier molecular flexibility index (Phi) is 4.96. The number of ether oxygens (including phenoxy) is 2. The highest BCUT2D eigenvalue weighted by Gasteiger charge is 2.47. The summed E-state index contributed by atoms with van der Waals surface area (Å²) in [4.78, 5) is 29.4. The Morgan fingerprint density at radius 1 is 1.41 bits per heavy atom. The van der Waals surface area contributed by atoms with E-state index in [1.165, 1.54) is 18.3 Å². The molecule has 2 fully saturated rings. The highest BCUT2D eigenvalue weighted by Crippen LogP contribution is 2.37. The summed E-state index contributed by atoms with van der Waals surface area (Å²) >= 11 is 0. The van der Waals surface area contributed by atoms with E-state index in [1.807, 2.05) is 20.8 Å². The quantitative estimate of drug-likeness (QED) is 0.610. The topological polar surface area (TPSA) is 118 Å². The van der Waals surface area contributed by atoms with Crippen LogP contribution in [-0.4, -0.2) is 63.3 Å². The maximum Gasteiger partial charge on any atom is 0.410 e. The van der Waals surface area contributed by atoms with Gasteiger partial charge in [-0.2, -0.15) is 0 Å². The first-order valence-electron chi connectivity index (χ1n) is 8.80. The molecule has 1 amide bonds. The third-order valence-electron chi connectivity index (χ3n) is 4.66. The van der Waals surface area contributed by atoms with Gasteiger partial charge >= 0.3 is 11.9 Å². The largest absolute Gasteiger partial charge is 0.444 e. The number of pyridine rings is 1. The molecule has 1 unspecified atom stereocenters. The van der Waals surface area contributed by atoms with Gasteiger partial charge in [-0.1, -0.05) is 0 Å². The second-order valence-electron chi connectivity index (χ2n) is 7.85. The minimum Gasteiger partial charge on any atom is -0.444 e. The van der Waals surface area contributed by atoms with Crippen molar-refractivity contribution in [2.75, 3.05) is 24.5 Å². The van der Waals surface area contributed by atoms with Gasteiger partial charge in [0, 0.05) is 19.2 Å². The van der Waals surface area contributed by atoms with Gasteiger partial charge in [-0.25, -0.2) is 4.79 Å². The summed E-state index contributed by atoms with van der Waals surface area (Å²) in [6.07, 6.45) is 0.939. The maximum atomic E-state index is 12.2. The average molecular weight is 380 g/mol. The molecule has 2 saturated heterocycles. The molecule has 10 heteroatoms. The number of amides is 1. The smallest absolute Gasteiger partial charge is 0.410 e. The van der Waals surface area contributed by atoms with E-state index >= 15 is 0 Å². The second kappa shape index (κ2) is 6.93. The van der Waals surface area contributed by atoms with Gasteiger partial charge in [-0.05, 0) is 49.6 Å². The van der Waals surface area contributed by atoms with Crippen molar-refractivity contribution in [1.29, 1.82) is 0 Å². The standard InChI is InChI=1S/C17H24N4O6/c1-16(2,3)26-14(22)19-8-6-17(7-9-19)11-20(15(23)27-17)12-4-5-13(18-10-12)21(24)25/h4-5,10,15,23H,6-9,11H2,1-3H3. The van der Waals surface area contributed by atoms with E-state index in [0.717, 1.165) is 0 Å². The van der Waals surface area contributed by atoms with Gasteiger partial charge in [0.1, 0.15) is 5.60 Å². The van der Waals surface area contributed by atoms with Crippen LogP contribution in [0.15, 0.2) is 18.3 Å². The zero-order valence-corrected chi connectivity index (χ0v) is 15.6. The van der Waals surface area contributed by atoms with Gasteiger partial charge in [0.2, 0.25) is 6.41 Å². The molecule has 1 N–H and O–H groups in total. The van der Waals surface area contributed by atoms with Crippen LogP contribution in [0.5, 0.6) is 0 Å². The van der Waals surface area contributed by atoms with Crippen molar-refractivity contribution in [3.05, 3.63) is 28.4 Å². The Hall–Kier alpha value is -2.46. The van der Waals surface area contributed by atoms with E-state index in [1.54, 1.807) is 9.80 Å². The fourth-order valence-corrected chi connectivity index (χ4v) is 3.29. The molecule has 0 bridgehead atoms. The molecule has 1 spiro atoms. The van der Waals surface area contributed by atoms with Crippen molar-refractivity contribution in [2.45, 2.75) is 51.2 Å². The first-order chi connectivity index (χ1) is 12.6. The Morgan fingerprint density at radius 2 is 2.07 bits per heavy atom. The number of likely N-dealkylation sites (tertiary alicyclic amines) is 1. The first-order valence-corrected chi connectivity index (χ1v) is 8.80. The van der Waals surface area contributed by atoms with E-state index in [9.17, 15) is 20.0 Å². The number of nitro groups is 1. The van der Waals surface area contributed by atoms with Crippen LogP contribution in [0.1, 0.15) is 33.6 Å². The molecule has 1 atom stereocenters. The lowest BCUT2D eigenvalue weighted by molar-refractivity contribution is -0.389. The molecule has 0 aliphatic carbocycles. The van der Waals surface area contributed by atoms with E-state index in [-0.39, 0.29) is 11.9 Å². The summed E-state index contributed by atoms with van der Waals surface area (Å²) in [6, 6.07) is 2.82. The van der Waals surface area contributed by atoms with Gasteiger partial charge in [-0.3, -0.25) is 0 Å². The zero-order chi connectivity index (χ0) is 19.8. The van der Waals surface area contributed by atoms with Crippen LogP contribution in [0, 0.1) is 10.1 Å². The monoisotopic (exact) mass is 380 g/mol.